The number of hydrogen-bond donors (Lipinski definition) is 1. The third-order valence-corrected chi connectivity index (χ3v) is 3.75. The molecule has 0 fully saturated rings. The summed E-state index contributed by atoms with van der Waals surface area (Å²) < 4.78 is 0. The lowest BCUT2D eigenvalue weighted by molar-refractivity contribution is 0.475. The Hall–Kier alpha value is -0.890. The first-order valence-electron chi connectivity index (χ1n) is 7.94. The van der Waals surface area contributed by atoms with E-state index in [4.69, 9.17) is 0 Å². The maximum absolute atomic E-state index is 4.40. The van der Waals surface area contributed by atoms with Gasteiger partial charge in [0.05, 0.1) is 0 Å². The fourth-order valence-corrected chi connectivity index (χ4v) is 2.47. The van der Waals surface area contributed by atoms with Gasteiger partial charge in [0.1, 0.15) is 0 Å². The van der Waals surface area contributed by atoms with E-state index in [1.165, 1.54) is 57.1 Å². The molecule has 0 aliphatic heterocycles. The molecule has 1 aromatic rings. The minimum atomic E-state index is 0.575. The van der Waals surface area contributed by atoms with Crippen LogP contribution in [0.3, 0.4) is 0 Å². The van der Waals surface area contributed by atoms with Crippen LogP contribution in [-0.2, 0) is 6.42 Å². The fourth-order valence-electron chi connectivity index (χ4n) is 2.47. The molecule has 0 radical (unpaired) electrons. The van der Waals surface area contributed by atoms with E-state index in [1.54, 1.807) is 0 Å². The monoisotopic (exact) mass is 262 g/mol. The van der Waals surface area contributed by atoms with Gasteiger partial charge < -0.3 is 5.32 Å². The van der Waals surface area contributed by atoms with E-state index in [9.17, 15) is 0 Å². The Labute approximate surface area is 119 Å². The second kappa shape index (κ2) is 11.0. The molecule has 1 heterocycles. The van der Waals surface area contributed by atoms with Gasteiger partial charge in [-0.05, 0) is 25.6 Å². The Morgan fingerprint density at radius 2 is 1.79 bits per heavy atom. The predicted molar refractivity (Wildman–Crippen MR) is 83.4 cm³/mol. The number of aromatic nitrogens is 1. The molecule has 0 aliphatic rings. The summed E-state index contributed by atoms with van der Waals surface area (Å²) in [6.45, 7) is 2.27. The Balaban J connectivity index is 2.09. The topological polar surface area (TPSA) is 24.9 Å². The van der Waals surface area contributed by atoms with E-state index >= 15 is 0 Å². The zero-order valence-electron chi connectivity index (χ0n) is 12.7. The second-order valence-electron chi connectivity index (χ2n) is 5.42. The predicted octanol–water partition coefficient (Wildman–Crippen LogP) is 4.35. The summed E-state index contributed by atoms with van der Waals surface area (Å²) in [7, 11) is 2.06. The molecule has 108 valence electrons. The minimum Gasteiger partial charge on any atom is -0.317 e. The Morgan fingerprint density at radius 1 is 1.05 bits per heavy atom. The van der Waals surface area contributed by atoms with Crippen molar-refractivity contribution in [2.24, 2.45) is 0 Å². The van der Waals surface area contributed by atoms with Gasteiger partial charge in [-0.25, -0.2) is 0 Å². The number of likely N-dealkylation sites (N-methyl/N-ethyl adjacent to an activating group) is 1. The van der Waals surface area contributed by atoms with Gasteiger partial charge in [0.25, 0.3) is 0 Å². The van der Waals surface area contributed by atoms with Crippen LogP contribution in [0.1, 0.15) is 64.0 Å². The van der Waals surface area contributed by atoms with Crippen LogP contribution in [0.5, 0.6) is 0 Å². The Morgan fingerprint density at radius 3 is 2.42 bits per heavy atom. The number of hydrogen-bond acceptors (Lipinski definition) is 2. The summed E-state index contributed by atoms with van der Waals surface area (Å²) in [5.41, 5.74) is 1.20. The van der Waals surface area contributed by atoms with Crippen molar-refractivity contribution < 1.29 is 0 Å². The molecular weight excluding hydrogens is 232 g/mol. The maximum atomic E-state index is 4.40. The van der Waals surface area contributed by atoms with Gasteiger partial charge in [-0.1, -0.05) is 57.9 Å². The highest BCUT2D eigenvalue weighted by Crippen LogP contribution is 2.11. The smallest absolute Gasteiger partial charge is 0.0419 e. The van der Waals surface area contributed by atoms with Crippen LogP contribution in [0.15, 0.2) is 24.4 Å². The van der Waals surface area contributed by atoms with Crippen molar-refractivity contribution in [2.75, 3.05) is 7.05 Å². The summed E-state index contributed by atoms with van der Waals surface area (Å²) >= 11 is 0. The van der Waals surface area contributed by atoms with Crippen molar-refractivity contribution in [1.82, 2.24) is 10.3 Å². The normalized spacial score (nSPS) is 12.5. The van der Waals surface area contributed by atoms with Crippen LogP contribution in [0.2, 0.25) is 0 Å². The van der Waals surface area contributed by atoms with Gasteiger partial charge in [0.2, 0.25) is 0 Å². The van der Waals surface area contributed by atoms with Crippen molar-refractivity contribution in [3.05, 3.63) is 30.1 Å². The molecule has 0 aliphatic carbocycles. The van der Waals surface area contributed by atoms with Crippen LogP contribution in [0.4, 0.5) is 0 Å². The summed E-state index contributed by atoms with van der Waals surface area (Å²) in [6, 6.07) is 6.75. The van der Waals surface area contributed by atoms with Crippen molar-refractivity contribution in [3.63, 3.8) is 0 Å². The second-order valence-corrected chi connectivity index (χ2v) is 5.42. The Kier molecular flexibility index (Phi) is 9.34. The van der Waals surface area contributed by atoms with E-state index in [0.29, 0.717) is 6.04 Å². The molecule has 0 amide bonds. The highest BCUT2D eigenvalue weighted by Gasteiger charge is 2.07. The van der Waals surface area contributed by atoms with Gasteiger partial charge in [0, 0.05) is 24.4 Å². The van der Waals surface area contributed by atoms with Crippen molar-refractivity contribution in [1.29, 1.82) is 0 Å². The third-order valence-electron chi connectivity index (χ3n) is 3.75. The summed E-state index contributed by atoms with van der Waals surface area (Å²) in [5, 5.41) is 3.42. The maximum Gasteiger partial charge on any atom is 0.0419 e. The average Bonchev–Trinajstić information content (AvgIpc) is 2.46. The molecule has 2 nitrogen and oxygen atoms in total. The number of nitrogens with zero attached hydrogens (tertiary/aromatic N) is 1. The molecule has 19 heavy (non-hydrogen) atoms. The highest BCUT2D eigenvalue weighted by molar-refractivity contribution is 5.05. The lowest BCUT2D eigenvalue weighted by atomic mass is 10.0. The lowest BCUT2D eigenvalue weighted by Gasteiger charge is -2.15. The van der Waals surface area contributed by atoms with Crippen LogP contribution in [0.25, 0.3) is 0 Å². The third kappa shape index (κ3) is 7.99. The molecule has 0 aromatic carbocycles. The zero-order chi connectivity index (χ0) is 13.8. The summed E-state index contributed by atoms with van der Waals surface area (Å²) in [5.74, 6) is 0. The molecule has 1 N–H and O–H groups in total. The van der Waals surface area contributed by atoms with Crippen LogP contribution in [0, 0.1) is 0 Å². The quantitative estimate of drug-likeness (QED) is 0.600. The molecule has 0 bridgehead atoms. The van der Waals surface area contributed by atoms with E-state index in [0.717, 1.165) is 6.42 Å². The van der Waals surface area contributed by atoms with Gasteiger partial charge in [-0.2, -0.15) is 0 Å². The Bertz CT molecular complexity index is 297. The highest BCUT2D eigenvalue weighted by atomic mass is 14.9. The van der Waals surface area contributed by atoms with Crippen molar-refractivity contribution in [3.8, 4) is 0 Å². The minimum absolute atomic E-state index is 0.575. The first-order valence-corrected chi connectivity index (χ1v) is 7.94. The van der Waals surface area contributed by atoms with Crippen LogP contribution in [-0.4, -0.2) is 18.1 Å². The largest absolute Gasteiger partial charge is 0.317 e. The van der Waals surface area contributed by atoms with Crippen LogP contribution < -0.4 is 5.32 Å². The summed E-state index contributed by atoms with van der Waals surface area (Å²) in [6.07, 6.45) is 13.9. The fraction of sp³-hybridized carbons (Fsp3) is 0.706. The van der Waals surface area contributed by atoms with Crippen molar-refractivity contribution in [2.45, 2.75) is 70.8 Å². The van der Waals surface area contributed by atoms with Gasteiger partial charge in [-0.3, -0.25) is 4.98 Å². The molecule has 0 saturated heterocycles. The summed E-state index contributed by atoms with van der Waals surface area (Å²) in [4.78, 5) is 4.40. The lowest BCUT2D eigenvalue weighted by Crippen LogP contribution is -2.27. The molecule has 1 atom stereocenters. The number of unbranched alkanes of at least 4 members (excludes halogenated alkanes) is 6. The van der Waals surface area contributed by atoms with E-state index in [-0.39, 0.29) is 0 Å². The molecule has 2 heteroatoms. The number of rotatable bonds is 11. The van der Waals surface area contributed by atoms with Gasteiger partial charge in [0.15, 0.2) is 0 Å². The first kappa shape index (κ1) is 16.2. The van der Waals surface area contributed by atoms with Gasteiger partial charge in [-0.15, -0.1) is 0 Å². The van der Waals surface area contributed by atoms with E-state index < -0.39 is 0 Å². The van der Waals surface area contributed by atoms with Crippen molar-refractivity contribution >= 4 is 0 Å². The first-order chi connectivity index (χ1) is 9.36. The SMILES string of the molecule is CCCCCCCCCC(Cc1ccccn1)NC. The van der Waals surface area contributed by atoms with E-state index in [2.05, 4.69) is 36.4 Å². The molecule has 1 rings (SSSR count). The van der Waals surface area contributed by atoms with Gasteiger partial charge >= 0.3 is 0 Å². The standard InChI is InChI=1S/C17H30N2/c1-3-4-5-6-7-8-9-12-16(18-2)15-17-13-10-11-14-19-17/h10-11,13-14,16,18H,3-9,12,15H2,1-2H3. The molecule has 1 aromatic heterocycles. The van der Waals surface area contributed by atoms with Crippen LogP contribution >= 0.6 is 0 Å². The molecule has 0 saturated carbocycles. The molecule has 0 spiro atoms. The molecule has 1 unspecified atom stereocenters. The molecular formula is C17H30N2. The van der Waals surface area contributed by atoms with E-state index in [1.807, 2.05) is 12.3 Å². The zero-order valence-corrected chi connectivity index (χ0v) is 12.7. The number of pyridine rings is 1. The number of nitrogens with one attached hydrogen (secondary N) is 1. The average molecular weight is 262 g/mol.